The number of carbonyl (C=O) groups is 2. The minimum absolute atomic E-state index is 0.154. The van der Waals surface area contributed by atoms with E-state index in [9.17, 15) is 27.6 Å². The molecule has 0 radical (unpaired) electrons. The summed E-state index contributed by atoms with van der Waals surface area (Å²) in [6.45, 7) is -0.144. The van der Waals surface area contributed by atoms with E-state index in [-0.39, 0.29) is 25.1 Å². The van der Waals surface area contributed by atoms with Gasteiger partial charge in [0.15, 0.2) is 0 Å². The van der Waals surface area contributed by atoms with E-state index >= 15 is 0 Å². The van der Waals surface area contributed by atoms with E-state index in [1.807, 2.05) is 0 Å². The van der Waals surface area contributed by atoms with Crippen LogP contribution in [0.15, 0.2) is 71.5 Å². The van der Waals surface area contributed by atoms with E-state index < -0.39 is 41.0 Å². The number of hydrogen-bond acceptors (Lipinski definition) is 4. The average Bonchev–Trinajstić information content (AvgIpc) is 3.15. The number of nitrogens with zero attached hydrogens (tertiary/aromatic N) is 1. The average molecular weight is 492 g/mol. The van der Waals surface area contributed by atoms with Crippen LogP contribution in [0.4, 0.5) is 13.2 Å². The van der Waals surface area contributed by atoms with E-state index in [2.05, 4.69) is 5.32 Å². The van der Waals surface area contributed by atoms with E-state index in [0.29, 0.717) is 27.6 Å². The maximum absolute atomic E-state index is 13.7. The molecule has 6 nitrogen and oxygen atoms in total. The lowest BCUT2D eigenvalue weighted by atomic mass is 9.97. The number of rotatable bonds is 6. The molecule has 1 aliphatic heterocycles. The van der Waals surface area contributed by atoms with E-state index in [0.717, 1.165) is 6.07 Å². The van der Waals surface area contributed by atoms with Crippen molar-refractivity contribution in [3.63, 3.8) is 0 Å². The highest BCUT2D eigenvalue weighted by atomic mass is 19.1. The van der Waals surface area contributed by atoms with Crippen molar-refractivity contribution in [3.8, 4) is 11.1 Å². The zero-order valence-electron chi connectivity index (χ0n) is 18.8. The van der Waals surface area contributed by atoms with Crippen LogP contribution in [0.5, 0.6) is 0 Å². The second kappa shape index (κ2) is 9.33. The summed E-state index contributed by atoms with van der Waals surface area (Å²) in [7, 11) is 0. The van der Waals surface area contributed by atoms with Crippen molar-refractivity contribution in [2.24, 2.45) is 0 Å². The maximum Gasteiger partial charge on any atom is 0.339 e. The van der Waals surface area contributed by atoms with Gasteiger partial charge in [0.25, 0.3) is 5.56 Å². The molecule has 1 unspecified atom stereocenters. The second-order valence-electron chi connectivity index (χ2n) is 8.45. The molecule has 1 aliphatic rings. The summed E-state index contributed by atoms with van der Waals surface area (Å²) >= 11 is 0. The molecule has 0 spiro atoms. The first-order chi connectivity index (χ1) is 17.3. The molecule has 0 saturated heterocycles. The molecule has 3 aromatic carbocycles. The third-order valence-electron chi connectivity index (χ3n) is 6.05. The summed E-state index contributed by atoms with van der Waals surface area (Å²) in [4.78, 5) is 37.2. The molecular weight excluding hydrogens is 473 g/mol. The first kappa shape index (κ1) is 23.3. The highest BCUT2D eigenvalue weighted by Gasteiger charge is 2.31. The standard InChI is InChI=1S/C27H19F3N2O4/c28-18-4-1-15-3-6-26(34)32(23(15)13-18)14-25(33)31-8-7-24-21-5-2-16(11-22(21)27(35)36-24)17-9-19(29)12-20(30)10-17/h1-6,9-13,24H,7-8,14H2,(H,31,33). The number of halogens is 3. The largest absolute Gasteiger partial charge is 0.454 e. The number of pyridine rings is 1. The lowest BCUT2D eigenvalue weighted by molar-refractivity contribution is -0.121. The van der Waals surface area contributed by atoms with Gasteiger partial charge in [-0.1, -0.05) is 12.1 Å². The molecule has 1 N–H and O–H groups in total. The van der Waals surface area contributed by atoms with E-state index in [1.165, 1.54) is 47.0 Å². The number of benzene rings is 3. The molecule has 1 amide bonds. The molecule has 0 bridgehead atoms. The van der Waals surface area contributed by atoms with E-state index in [1.54, 1.807) is 18.2 Å². The van der Waals surface area contributed by atoms with Gasteiger partial charge in [0.05, 0.1) is 11.1 Å². The van der Waals surface area contributed by atoms with Crippen LogP contribution in [0, 0.1) is 17.5 Å². The van der Waals surface area contributed by atoms with Gasteiger partial charge >= 0.3 is 5.97 Å². The molecule has 0 saturated carbocycles. The first-order valence-corrected chi connectivity index (χ1v) is 11.2. The number of hydrogen-bond donors (Lipinski definition) is 1. The van der Waals surface area contributed by atoms with Crippen molar-refractivity contribution in [1.29, 1.82) is 0 Å². The van der Waals surface area contributed by atoms with Crippen LogP contribution in [0.1, 0.15) is 28.4 Å². The van der Waals surface area contributed by atoms with Gasteiger partial charge in [0.1, 0.15) is 30.1 Å². The number of nitrogens with one attached hydrogen (secondary N) is 1. The molecule has 4 aromatic rings. The molecule has 5 rings (SSSR count). The number of cyclic esters (lactones) is 1. The summed E-state index contributed by atoms with van der Waals surface area (Å²) in [6.07, 6.45) is -0.335. The minimum Gasteiger partial charge on any atom is -0.454 e. The Morgan fingerprint density at radius 1 is 0.861 bits per heavy atom. The molecule has 2 heterocycles. The van der Waals surface area contributed by atoms with Crippen LogP contribution in [0.2, 0.25) is 0 Å². The fraction of sp³-hybridized carbons (Fsp3) is 0.148. The summed E-state index contributed by atoms with van der Waals surface area (Å²) in [5.74, 6) is -2.99. The monoisotopic (exact) mass is 492 g/mol. The number of fused-ring (bicyclic) bond motifs is 2. The van der Waals surface area contributed by atoms with Gasteiger partial charge in [-0.15, -0.1) is 0 Å². The summed E-state index contributed by atoms with van der Waals surface area (Å²) in [5, 5.41) is 3.32. The quantitative estimate of drug-likeness (QED) is 0.402. The zero-order valence-corrected chi connectivity index (χ0v) is 18.8. The highest BCUT2D eigenvalue weighted by molar-refractivity contribution is 5.95. The Morgan fingerprint density at radius 3 is 2.39 bits per heavy atom. The second-order valence-corrected chi connectivity index (χ2v) is 8.45. The lowest BCUT2D eigenvalue weighted by Crippen LogP contribution is -2.33. The van der Waals surface area contributed by atoms with Crippen LogP contribution in [-0.4, -0.2) is 23.0 Å². The smallest absolute Gasteiger partial charge is 0.339 e. The molecule has 0 aliphatic carbocycles. The lowest BCUT2D eigenvalue weighted by Gasteiger charge is -2.13. The molecule has 182 valence electrons. The SMILES string of the molecule is O=C(Cn1c(=O)ccc2ccc(F)cc21)NCCC1OC(=O)c2cc(-c3cc(F)cc(F)c3)ccc21. The van der Waals surface area contributed by atoms with E-state index in [4.69, 9.17) is 4.74 Å². The van der Waals surface area contributed by atoms with Crippen molar-refractivity contribution >= 4 is 22.8 Å². The Balaban J connectivity index is 1.26. The number of ether oxygens (including phenoxy) is 1. The Morgan fingerprint density at radius 2 is 1.61 bits per heavy atom. The topological polar surface area (TPSA) is 77.4 Å². The van der Waals surface area contributed by atoms with Crippen LogP contribution in [0.25, 0.3) is 22.0 Å². The predicted octanol–water partition coefficient (Wildman–Crippen LogP) is 4.50. The number of amides is 1. The normalized spacial score (nSPS) is 14.5. The first-order valence-electron chi connectivity index (χ1n) is 11.2. The number of carbonyl (C=O) groups excluding carboxylic acids is 2. The molecular formula is C27H19F3N2O4. The Hall–Kier alpha value is -4.40. The molecule has 36 heavy (non-hydrogen) atoms. The Labute approximate surface area is 202 Å². The summed E-state index contributed by atoms with van der Waals surface area (Å²) in [6, 6.07) is 14.8. The van der Waals surface area contributed by atoms with Crippen molar-refractivity contribution in [2.75, 3.05) is 6.54 Å². The Kier molecular flexibility index (Phi) is 6.05. The zero-order chi connectivity index (χ0) is 25.4. The predicted molar refractivity (Wildman–Crippen MR) is 126 cm³/mol. The molecule has 1 atom stereocenters. The summed E-state index contributed by atoms with van der Waals surface area (Å²) < 4.78 is 47.5. The van der Waals surface area contributed by atoms with Crippen LogP contribution in [0.3, 0.4) is 0 Å². The van der Waals surface area contributed by atoms with Crippen LogP contribution >= 0.6 is 0 Å². The van der Waals surface area contributed by atoms with Gasteiger partial charge in [0, 0.05) is 30.7 Å². The minimum atomic E-state index is -0.724. The molecule has 0 fully saturated rings. The Bertz CT molecular complexity index is 1560. The van der Waals surface area contributed by atoms with Gasteiger partial charge in [-0.3, -0.25) is 14.2 Å². The third kappa shape index (κ3) is 4.59. The van der Waals surface area contributed by atoms with Gasteiger partial charge in [-0.05, 0) is 59.0 Å². The highest BCUT2D eigenvalue weighted by Crippen LogP contribution is 2.35. The van der Waals surface area contributed by atoms with Crippen molar-refractivity contribution in [2.45, 2.75) is 19.1 Å². The van der Waals surface area contributed by atoms with Crippen molar-refractivity contribution in [3.05, 3.63) is 106 Å². The van der Waals surface area contributed by atoms with Crippen molar-refractivity contribution < 1.29 is 27.5 Å². The van der Waals surface area contributed by atoms with Crippen LogP contribution < -0.4 is 10.9 Å². The molecule has 1 aromatic heterocycles. The van der Waals surface area contributed by atoms with Crippen LogP contribution in [-0.2, 0) is 16.1 Å². The third-order valence-corrected chi connectivity index (χ3v) is 6.05. The number of esters is 1. The number of aromatic nitrogens is 1. The van der Waals surface area contributed by atoms with Gasteiger partial charge in [-0.25, -0.2) is 18.0 Å². The fourth-order valence-electron chi connectivity index (χ4n) is 4.35. The fourth-order valence-corrected chi connectivity index (χ4v) is 4.35. The van der Waals surface area contributed by atoms with Gasteiger partial charge in [-0.2, -0.15) is 0 Å². The summed E-state index contributed by atoms with van der Waals surface area (Å²) in [5.41, 5.74) is 1.53. The molecule has 9 heteroatoms. The van der Waals surface area contributed by atoms with Gasteiger partial charge < -0.3 is 10.1 Å². The van der Waals surface area contributed by atoms with Crippen molar-refractivity contribution in [1.82, 2.24) is 9.88 Å². The maximum atomic E-state index is 13.7. The van der Waals surface area contributed by atoms with Gasteiger partial charge in [0.2, 0.25) is 5.91 Å².